The number of nitrogens with two attached hydrogens (primary N) is 1. The Balaban J connectivity index is 0.00000200. The molecule has 1 saturated heterocycles. The molecule has 5 heteroatoms. The Bertz CT molecular complexity index is 326. The zero-order chi connectivity index (χ0) is 13.9. The largest absolute Gasteiger partial charge is 0.352 e. The second-order valence-corrected chi connectivity index (χ2v) is 6.91. The van der Waals surface area contributed by atoms with Crippen LogP contribution in [0.2, 0.25) is 0 Å². The average molecular weight is 304 g/mol. The highest BCUT2D eigenvalue weighted by molar-refractivity contribution is 5.85. The van der Waals surface area contributed by atoms with Crippen LogP contribution in [0.15, 0.2) is 0 Å². The van der Waals surface area contributed by atoms with E-state index >= 15 is 0 Å². The van der Waals surface area contributed by atoms with E-state index in [0.717, 1.165) is 25.9 Å². The van der Waals surface area contributed by atoms with Crippen molar-refractivity contribution in [1.82, 2.24) is 10.2 Å². The van der Waals surface area contributed by atoms with Gasteiger partial charge in [0.25, 0.3) is 0 Å². The Morgan fingerprint density at radius 1 is 1.40 bits per heavy atom. The molecule has 3 unspecified atom stereocenters. The SMILES string of the molecule is CC1CCCCC1NC(=O)CN1CCC(C)(CN)C1.Cl. The molecule has 2 aliphatic rings. The summed E-state index contributed by atoms with van der Waals surface area (Å²) in [4.78, 5) is 14.4. The first kappa shape index (κ1) is 17.7. The van der Waals surface area contributed by atoms with Crippen molar-refractivity contribution in [2.24, 2.45) is 17.1 Å². The lowest BCUT2D eigenvalue weighted by Gasteiger charge is -2.30. The fourth-order valence-electron chi connectivity index (χ4n) is 3.41. The van der Waals surface area contributed by atoms with E-state index in [4.69, 9.17) is 5.73 Å². The minimum absolute atomic E-state index is 0. The lowest BCUT2D eigenvalue weighted by Crippen LogP contribution is -2.45. The molecule has 1 saturated carbocycles. The van der Waals surface area contributed by atoms with Crippen LogP contribution in [0.4, 0.5) is 0 Å². The number of hydrogen-bond donors (Lipinski definition) is 2. The Morgan fingerprint density at radius 3 is 2.70 bits per heavy atom. The molecule has 0 spiro atoms. The Hall–Kier alpha value is -0.320. The van der Waals surface area contributed by atoms with Gasteiger partial charge in [-0.25, -0.2) is 0 Å². The minimum Gasteiger partial charge on any atom is -0.352 e. The van der Waals surface area contributed by atoms with E-state index in [1.54, 1.807) is 0 Å². The summed E-state index contributed by atoms with van der Waals surface area (Å²) >= 11 is 0. The highest BCUT2D eigenvalue weighted by Crippen LogP contribution is 2.28. The van der Waals surface area contributed by atoms with Gasteiger partial charge in [-0.2, -0.15) is 0 Å². The normalized spacial score (nSPS) is 34.5. The van der Waals surface area contributed by atoms with Crippen molar-refractivity contribution < 1.29 is 4.79 Å². The van der Waals surface area contributed by atoms with Crippen molar-refractivity contribution in [1.29, 1.82) is 0 Å². The molecule has 3 N–H and O–H groups in total. The Labute approximate surface area is 129 Å². The molecule has 118 valence electrons. The molecule has 20 heavy (non-hydrogen) atoms. The second kappa shape index (κ2) is 7.62. The summed E-state index contributed by atoms with van der Waals surface area (Å²) in [5.74, 6) is 0.825. The number of nitrogens with one attached hydrogen (secondary N) is 1. The first-order chi connectivity index (χ1) is 9.02. The molecule has 1 heterocycles. The zero-order valence-electron chi connectivity index (χ0n) is 12.9. The predicted molar refractivity (Wildman–Crippen MR) is 85.0 cm³/mol. The summed E-state index contributed by atoms with van der Waals surface area (Å²) in [7, 11) is 0. The van der Waals surface area contributed by atoms with Crippen molar-refractivity contribution in [3.8, 4) is 0 Å². The molecule has 2 rings (SSSR count). The molecule has 0 bridgehead atoms. The predicted octanol–water partition coefficient (Wildman–Crippen LogP) is 1.77. The molecule has 2 fully saturated rings. The summed E-state index contributed by atoms with van der Waals surface area (Å²) < 4.78 is 0. The lowest BCUT2D eigenvalue weighted by atomic mass is 9.86. The van der Waals surface area contributed by atoms with Crippen LogP contribution >= 0.6 is 12.4 Å². The van der Waals surface area contributed by atoms with Gasteiger partial charge in [-0.05, 0) is 43.7 Å². The number of nitrogens with zero attached hydrogens (tertiary/aromatic N) is 1. The highest BCUT2D eigenvalue weighted by Gasteiger charge is 2.33. The molecule has 0 aromatic carbocycles. The first-order valence-electron chi connectivity index (χ1n) is 7.74. The second-order valence-electron chi connectivity index (χ2n) is 6.91. The fraction of sp³-hybridized carbons (Fsp3) is 0.933. The van der Waals surface area contributed by atoms with Gasteiger partial charge < -0.3 is 11.1 Å². The maximum absolute atomic E-state index is 12.1. The van der Waals surface area contributed by atoms with Gasteiger partial charge in [-0.1, -0.05) is 26.7 Å². The fourth-order valence-corrected chi connectivity index (χ4v) is 3.41. The lowest BCUT2D eigenvalue weighted by molar-refractivity contribution is -0.123. The third-order valence-electron chi connectivity index (χ3n) is 4.95. The van der Waals surface area contributed by atoms with E-state index in [-0.39, 0.29) is 23.7 Å². The van der Waals surface area contributed by atoms with Gasteiger partial charge in [0.05, 0.1) is 6.54 Å². The van der Waals surface area contributed by atoms with Crippen molar-refractivity contribution in [2.45, 2.75) is 52.0 Å². The molecule has 1 amide bonds. The van der Waals surface area contributed by atoms with Crippen LogP contribution < -0.4 is 11.1 Å². The molecule has 3 atom stereocenters. The quantitative estimate of drug-likeness (QED) is 0.832. The van der Waals surface area contributed by atoms with Gasteiger partial charge >= 0.3 is 0 Å². The smallest absolute Gasteiger partial charge is 0.234 e. The Morgan fingerprint density at radius 2 is 2.10 bits per heavy atom. The van der Waals surface area contributed by atoms with Crippen LogP contribution in [-0.4, -0.2) is 43.0 Å². The summed E-state index contributed by atoms with van der Waals surface area (Å²) in [6.07, 6.45) is 6.07. The van der Waals surface area contributed by atoms with E-state index in [2.05, 4.69) is 24.1 Å². The van der Waals surface area contributed by atoms with Gasteiger partial charge in [0.2, 0.25) is 5.91 Å². The third-order valence-corrected chi connectivity index (χ3v) is 4.95. The molecule has 0 radical (unpaired) electrons. The number of rotatable bonds is 4. The maximum Gasteiger partial charge on any atom is 0.234 e. The number of amides is 1. The standard InChI is InChI=1S/C15H29N3O.ClH/c1-12-5-3-4-6-13(12)17-14(19)9-18-8-7-15(2,10-16)11-18;/h12-13H,3-11,16H2,1-2H3,(H,17,19);1H. The van der Waals surface area contributed by atoms with E-state index in [9.17, 15) is 4.79 Å². The zero-order valence-corrected chi connectivity index (χ0v) is 13.7. The van der Waals surface area contributed by atoms with Gasteiger partial charge in [0, 0.05) is 12.6 Å². The van der Waals surface area contributed by atoms with Crippen molar-refractivity contribution in [3.05, 3.63) is 0 Å². The number of carbonyl (C=O) groups is 1. The number of carbonyl (C=O) groups excluding carboxylic acids is 1. The molecular weight excluding hydrogens is 274 g/mol. The van der Waals surface area contributed by atoms with Crippen molar-refractivity contribution in [3.63, 3.8) is 0 Å². The third kappa shape index (κ3) is 4.61. The van der Waals surface area contributed by atoms with Crippen molar-refractivity contribution in [2.75, 3.05) is 26.2 Å². The summed E-state index contributed by atoms with van der Waals surface area (Å²) in [5, 5.41) is 3.23. The number of likely N-dealkylation sites (tertiary alicyclic amines) is 1. The Kier molecular flexibility index (Phi) is 6.76. The molecule has 0 aromatic heterocycles. The van der Waals surface area contributed by atoms with Crippen molar-refractivity contribution >= 4 is 18.3 Å². The first-order valence-corrected chi connectivity index (χ1v) is 7.74. The van der Waals surface area contributed by atoms with Gasteiger partial charge in [-0.3, -0.25) is 9.69 Å². The topological polar surface area (TPSA) is 58.4 Å². The van der Waals surface area contributed by atoms with E-state index in [1.807, 2.05) is 0 Å². The average Bonchev–Trinajstić information content (AvgIpc) is 2.74. The summed E-state index contributed by atoms with van der Waals surface area (Å²) in [6, 6.07) is 0.393. The minimum atomic E-state index is 0. The van der Waals surface area contributed by atoms with Crippen LogP contribution in [-0.2, 0) is 4.79 Å². The van der Waals surface area contributed by atoms with Gasteiger partial charge in [-0.15, -0.1) is 12.4 Å². The molecular formula is C15H30ClN3O. The van der Waals surface area contributed by atoms with Crippen LogP contribution in [0.3, 0.4) is 0 Å². The van der Waals surface area contributed by atoms with Crippen LogP contribution in [0.25, 0.3) is 0 Å². The number of hydrogen-bond acceptors (Lipinski definition) is 3. The van der Waals surface area contributed by atoms with Crippen LogP contribution in [0.5, 0.6) is 0 Å². The molecule has 1 aliphatic heterocycles. The molecule has 0 aromatic rings. The number of halogens is 1. The molecule has 4 nitrogen and oxygen atoms in total. The monoisotopic (exact) mass is 303 g/mol. The summed E-state index contributed by atoms with van der Waals surface area (Å²) in [5.41, 5.74) is 6.01. The highest BCUT2D eigenvalue weighted by atomic mass is 35.5. The molecule has 1 aliphatic carbocycles. The van der Waals surface area contributed by atoms with E-state index < -0.39 is 0 Å². The van der Waals surface area contributed by atoms with Gasteiger partial charge in [0.1, 0.15) is 0 Å². The van der Waals surface area contributed by atoms with Gasteiger partial charge in [0.15, 0.2) is 0 Å². The van der Waals surface area contributed by atoms with E-state index in [0.29, 0.717) is 25.0 Å². The van der Waals surface area contributed by atoms with E-state index in [1.165, 1.54) is 19.3 Å². The summed E-state index contributed by atoms with van der Waals surface area (Å²) in [6.45, 7) is 7.68. The van der Waals surface area contributed by atoms with Crippen LogP contribution in [0.1, 0.15) is 46.0 Å². The maximum atomic E-state index is 12.1. The van der Waals surface area contributed by atoms with Crippen LogP contribution in [0, 0.1) is 11.3 Å².